The smallest absolute Gasteiger partial charge is 0.199 e. The van der Waals surface area contributed by atoms with Crippen molar-refractivity contribution in [2.45, 2.75) is 6.61 Å². The molecule has 2 N–H and O–H groups in total. The van der Waals surface area contributed by atoms with Gasteiger partial charge >= 0.3 is 0 Å². The van der Waals surface area contributed by atoms with E-state index in [-0.39, 0.29) is 6.61 Å². The fraction of sp³-hybridized carbons (Fsp3) is 0.273. The second-order valence-electron chi connectivity index (χ2n) is 3.77. The molecule has 0 amide bonds. The average Bonchev–Trinajstić information content (AvgIpc) is 2.79. The van der Waals surface area contributed by atoms with Crippen LogP contribution in [0.1, 0.15) is 5.82 Å². The minimum atomic E-state index is -0.193. The fourth-order valence-electron chi connectivity index (χ4n) is 1.87. The number of aromatic amines is 1. The monoisotopic (exact) mass is 265 g/mol. The third-order valence-electron chi connectivity index (χ3n) is 2.67. The van der Waals surface area contributed by atoms with Gasteiger partial charge in [0.05, 0.1) is 5.69 Å². The summed E-state index contributed by atoms with van der Waals surface area (Å²) in [6.45, 7) is 0.890. The second-order valence-corrected chi connectivity index (χ2v) is 4.15. The number of nitrogens with zero attached hydrogens (tertiary/aromatic N) is 2. The van der Waals surface area contributed by atoms with Gasteiger partial charge in [-0.25, -0.2) is 0 Å². The normalized spacial score (nSPS) is 13.6. The van der Waals surface area contributed by atoms with Crippen LogP contribution >= 0.6 is 12.2 Å². The molecule has 2 aromatic rings. The summed E-state index contributed by atoms with van der Waals surface area (Å²) in [7, 11) is 0. The Morgan fingerprint density at radius 3 is 2.89 bits per heavy atom. The third kappa shape index (κ3) is 1.77. The van der Waals surface area contributed by atoms with E-state index in [1.807, 2.05) is 18.2 Å². The van der Waals surface area contributed by atoms with Gasteiger partial charge in [0, 0.05) is 6.07 Å². The summed E-state index contributed by atoms with van der Waals surface area (Å²) in [5.74, 6) is 1.84. The first-order valence-electron chi connectivity index (χ1n) is 5.47. The molecule has 1 aromatic heterocycles. The molecule has 1 aliphatic rings. The van der Waals surface area contributed by atoms with Crippen LogP contribution in [0.25, 0.3) is 5.69 Å². The SMILES string of the molecule is OCc1n[nH]c(=S)n1-c1ccc2c(c1)OCCO2. The molecule has 2 heterocycles. The van der Waals surface area contributed by atoms with Crippen molar-refractivity contribution in [3.05, 3.63) is 28.8 Å². The van der Waals surface area contributed by atoms with Crippen molar-refractivity contribution in [2.24, 2.45) is 0 Å². The van der Waals surface area contributed by atoms with Crippen molar-refractivity contribution in [3.63, 3.8) is 0 Å². The molecular weight excluding hydrogens is 254 g/mol. The minimum absolute atomic E-state index is 0.193. The van der Waals surface area contributed by atoms with Crippen molar-refractivity contribution < 1.29 is 14.6 Å². The minimum Gasteiger partial charge on any atom is -0.486 e. The van der Waals surface area contributed by atoms with Crippen LogP contribution < -0.4 is 9.47 Å². The lowest BCUT2D eigenvalue weighted by Crippen LogP contribution is -2.15. The zero-order valence-electron chi connectivity index (χ0n) is 9.42. The number of fused-ring (bicyclic) bond motifs is 1. The first-order valence-corrected chi connectivity index (χ1v) is 5.87. The van der Waals surface area contributed by atoms with Crippen LogP contribution in [0.3, 0.4) is 0 Å². The maximum atomic E-state index is 9.23. The lowest BCUT2D eigenvalue weighted by Gasteiger charge is -2.19. The van der Waals surface area contributed by atoms with E-state index in [4.69, 9.17) is 21.7 Å². The molecule has 0 fully saturated rings. The predicted molar refractivity (Wildman–Crippen MR) is 65.7 cm³/mol. The summed E-state index contributed by atoms with van der Waals surface area (Å²) in [6.07, 6.45) is 0. The molecule has 1 aliphatic heterocycles. The molecule has 1 aromatic carbocycles. The molecule has 3 rings (SSSR count). The van der Waals surface area contributed by atoms with Gasteiger partial charge in [0.2, 0.25) is 0 Å². The molecule has 7 heteroatoms. The van der Waals surface area contributed by atoms with Crippen molar-refractivity contribution in [2.75, 3.05) is 13.2 Å². The van der Waals surface area contributed by atoms with Gasteiger partial charge < -0.3 is 14.6 Å². The molecule has 0 spiro atoms. The molecule has 0 unspecified atom stereocenters. The Balaban J connectivity index is 2.12. The maximum Gasteiger partial charge on any atom is 0.199 e. The first kappa shape index (κ1) is 11.2. The molecule has 0 saturated heterocycles. The number of aliphatic hydroxyl groups is 1. The van der Waals surface area contributed by atoms with E-state index in [1.165, 1.54) is 0 Å². The maximum absolute atomic E-state index is 9.23. The predicted octanol–water partition coefficient (Wildman–Crippen LogP) is 1.19. The number of nitrogens with one attached hydrogen (secondary N) is 1. The van der Waals surface area contributed by atoms with E-state index in [0.717, 1.165) is 5.69 Å². The molecule has 0 aliphatic carbocycles. The zero-order chi connectivity index (χ0) is 12.5. The molecular formula is C11H11N3O3S. The van der Waals surface area contributed by atoms with E-state index in [0.29, 0.717) is 35.3 Å². The van der Waals surface area contributed by atoms with Crippen LogP contribution in [0.4, 0.5) is 0 Å². The van der Waals surface area contributed by atoms with Crippen molar-refractivity contribution in [3.8, 4) is 17.2 Å². The summed E-state index contributed by atoms with van der Waals surface area (Å²) in [6, 6.07) is 5.48. The topological polar surface area (TPSA) is 72.3 Å². The highest BCUT2D eigenvalue weighted by Crippen LogP contribution is 2.32. The van der Waals surface area contributed by atoms with Crippen molar-refractivity contribution in [1.82, 2.24) is 14.8 Å². The Kier molecular flexibility index (Phi) is 2.77. The number of ether oxygens (including phenoxy) is 2. The highest BCUT2D eigenvalue weighted by atomic mass is 32.1. The van der Waals surface area contributed by atoms with E-state index in [1.54, 1.807) is 4.57 Å². The summed E-state index contributed by atoms with van der Waals surface area (Å²) < 4.78 is 13.0. The summed E-state index contributed by atoms with van der Waals surface area (Å²) in [4.78, 5) is 0. The quantitative estimate of drug-likeness (QED) is 0.798. The zero-order valence-corrected chi connectivity index (χ0v) is 10.2. The standard InChI is InChI=1S/C11H11N3O3S/c15-6-10-12-13-11(18)14(10)7-1-2-8-9(5-7)17-4-3-16-8/h1-2,5,15H,3-4,6H2,(H,13,18). The lowest BCUT2D eigenvalue weighted by molar-refractivity contribution is 0.171. The molecule has 0 saturated carbocycles. The molecule has 0 radical (unpaired) electrons. The molecule has 94 valence electrons. The fourth-order valence-corrected chi connectivity index (χ4v) is 2.13. The van der Waals surface area contributed by atoms with Crippen LogP contribution in [0, 0.1) is 4.77 Å². The van der Waals surface area contributed by atoms with E-state index >= 15 is 0 Å². The summed E-state index contributed by atoms with van der Waals surface area (Å²) >= 11 is 5.14. The van der Waals surface area contributed by atoms with Gasteiger partial charge in [0.1, 0.15) is 19.8 Å². The Bertz CT molecular complexity index is 635. The van der Waals surface area contributed by atoms with Crippen LogP contribution in [0.2, 0.25) is 0 Å². The Morgan fingerprint density at radius 2 is 2.11 bits per heavy atom. The van der Waals surface area contributed by atoms with Gasteiger partial charge in [-0.05, 0) is 24.4 Å². The van der Waals surface area contributed by atoms with Gasteiger partial charge in [0.25, 0.3) is 0 Å². The highest BCUT2D eigenvalue weighted by Gasteiger charge is 2.14. The molecule has 0 bridgehead atoms. The van der Waals surface area contributed by atoms with Crippen molar-refractivity contribution >= 4 is 12.2 Å². The van der Waals surface area contributed by atoms with E-state index < -0.39 is 0 Å². The largest absolute Gasteiger partial charge is 0.486 e. The summed E-state index contributed by atoms with van der Waals surface area (Å²) in [5.41, 5.74) is 0.780. The van der Waals surface area contributed by atoms with Crippen LogP contribution in [0.5, 0.6) is 11.5 Å². The number of benzene rings is 1. The van der Waals surface area contributed by atoms with Crippen LogP contribution in [-0.4, -0.2) is 33.1 Å². The van der Waals surface area contributed by atoms with Gasteiger partial charge in [-0.1, -0.05) is 0 Å². The van der Waals surface area contributed by atoms with Crippen LogP contribution in [-0.2, 0) is 6.61 Å². The van der Waals surface area contributed by atoms with Crippen molar-refractivity contribution in [1.29, 1.82) is 0 Å². The molecule has 6 nitrogen and oxygen atoms in total. The van der Waals surface area contributed by atoms with Gasteiger partial charge in [0.15, 0.2) is 22.1 Å². The van der Waals surface area contributed by atoms with Gasteiger partial charge in [-0.2, -0.15) is 5.10 Å². The van der Waals surface area contributed by atoms with E-state index in [2.05, 4.69) is 10.2 Å². The third-order valence-corrected chi connectivity index (χ3v) is 2.94. The number of hydrogen-bond donors (Lipinski definition) is 2. The Hall–Kier alpha value is -1.86. The lowest BCUT2D eigenvalue weighted by atomic mass is 10.2. The number of rotatable bonds is 2. The first-order chi connectivity index (χ1) is 8.79. The highest BCUT2D eigenvalue weighted by molar-refractivity contribution is 7.71. The molecule has 0 atom stereocenters. The number of aliphatic hydroxyl groups excluding tert-OH is 1. The van der Waals surface area contributed by atoms with Crippen LogP contribution in [0.15, 0.2) is 18.2 Å². The molecule has 18 heavy (non-hydrogen) atoms. The second kappa shape index (κ2) is 4.43. The number of aromatic nitrogens is 3. The van der Waals surface area contributed by atoms with Gasteiger partial charge in [-0.15, -0.1) is 0 Å². The Morgan fingerprint density at radius 1 is 1.33 bits per heavy atom. The van der Waals surface area contributed by atoms with Gasteiger partial charge in [-0.3, -0.25) is 9.67 Å². The van der Waals surface area contributed by atoms with E-state index in [9.17, 15) is 5.11 Å². The Labute approximate surface area is 108 Å². The number of hydrogen-bond acceptors (Lipinski definition) is 5. The summed E-state index contributed by atoms with van der Waals surface area (Å²) in [5, 5.41) is 15.8. The number of H-pyrrole nitrogens is 1. The average molecular weight is 265 g/mol.